The number of carbonyl (C=O) groups excluding carboxylic acids is 1. The summed E-state index contributed by atoms with van der Waals surface area (Å²) in [6.07, 6.45) is 4.92. The summed E-state index contributed by atoms with van der Waals surface area (Å²) in [5, 5.41) is 17.4. The molecule has 1 aromatic carbocycles. The minimum atomic E-state index is -0.504. The van der Waals surface area contributed by atoms with Gasteiger partial charge in [-0.25, -0.2) is 9.67 Å². The van der Waals surface area contributed by atoms with E-state index in [0.717, 1.165) is 0 Å². The van der Waals surface area contributed by atoms with Crippen molar-refractivity contribution in [3.8, 4) is 11.6 Å². The van der Waals surface area contributed by atoms with E-state index in [1.807, 2.05) is 0 Å². The zero-order chi connectivity index (χ0) is 17.6. The normalized spacial score (nSPS) is 10.2. The van der Waals surface area contributed by atoms with Crippen molar-refractivity contribution < 1.29 is 14.5 Å². The number of hydrogen-bond donors (Lipinski definition) is 1. The number of pyridine rings is 1. The highest BCUT2D eigenvalue weighted by atomic mass is 16.6. The molecular weight excluding hydrogens is 326 g/mol. The van der Waals surface area contributed by atoms with Crippen LogP contribution < -0.4 is 10.1 Å². The molecule has 0 atom stereocenters. The molecule has 9 heteroatoms. The largest absolute Gasteiger partial charge is 0.484 e. The third-order valence-electron chi connectivity index (χ3n) is 3.20. The van der Waals surface area contributed by atoms with Crippen LogP contribution in [0.15, 0.2) is 61.1 Å². The van der Waals surface area contributed by atoms with Gasteiger partial charge < -0.3 is 10.1 Å². The van der Waals surface area contributed by atoms with E-state index in [0.29, 0.717) is 17.3 Å². The third kappa shape index (κ3) is 3.96. The minimum Gasteiger partial charge on any atom is -0.484 e. The molecule has 2 heterocycles. The highest BCUT2D eigenvalue weighted by molar-refractivity contribution is 5.93. The number of benzene rings is 1. The highest BCUT2D eigenvalue weighted by Crippen LogP contribution is 2.18. The second-order valence-electron chi connectivity index (χ2n) is 4.91. The average Bonchev–Trinajstić information content (AvgIpc) is 3.15. The molecular formula is C16H13N5O4. The molecule has 0 aliphatic rings. The Morgan fingerprint density at radius 1 is 1.20 bits per heavy atom. The number of carbonyl (C=O) groups is 1. The number of amides is 1. The summed E-state index contributed by atoms with van der Waals surface area (Å²) in [5.41, 5.74) is 0.444. The molecule has 25 heavy (non-hydrogen) atoms. The number of non-ortho nitro benzene ring substituents is 1. The third-order valence-corrected chi connectivity index (χ3v) is 3.20. The van der Waals surface area contributed by atoms with Gasteiger partial charge in [-0.2, -0.15) is 5.10 Å². The maximum atomic E-state index is 12.1. The Hall–Kier alpha value is -3.75. The van der Waals surface area contributed by atoms with E-state index < -0.39 is 4.92 Å². The molecule has 9 nitrogen and oxygen atoms in total. The molecule has 3 rings (SSSR count). The zero-order valence-electron chi connectivity index (χ0n) is 12.9. The summed E-state index contributed by atoms with van der Waals surface area (Å²) >= 11 is 0. The van der Waals surface area contributed by atoms with Gasteiger partial charge in [0.2, 0.25) is 0 Å². The molecule has 0 radical (unpaired) electrons. The van der Waals surface area contributed by atoms with Crippen LogP contribution in [0, 0.1) is 10.1 Å². The Morgan fingerprint density at radius 3 is 2.68 bits per heavy atom. The van der Waals surface area contributed by atoms with Crippen molar-refractivity contribution in [2.24, 2.45) is 0 Å². The zero-order valence-corrected chi connectivity index (χ0v) is 12.9. The van der Waals surface area contributed by atoms with Gasteiger partial charge in [0.15, 0.2) is 12.4 Å². The number of nitrogens with zero attached hydrogens (tertiary/aromatic N) is 4. The molecule has 0 unspecified atom stereocenters. The van der Waals surface area contributed by atoms with Crippen molar-refractivity contribution in [1.82, 2.24) is 14.8 Å². The Labute approximate surface area is 142 Å². The summed E-state index contributed by atoms with van der Waals surface area (Å²) in [6, 6.07) is 10.6. The Balaban J connectivity index is 1.63. The van der Waals surface area contributed by atoms with Gasteiger partial charge in [-0.05, 0) is 30.3 Å². The summed E-state index contributed by atoms with van der Waals surface area (Å²) in [6.45, 7) is -0.245. The number of nitro groups is 1. The number of nitro benzene ring substituents is 1. The minimum absolute atomic E-state index is 0.0453. The molecule has 126 valence electrons. The van der Waals surface area contributed by atoms with Crippen LogP contribution in [-0.4, -0.2) is 32.2 Å². The number of rotatable bonds is 6. The highest BCUT2D eigenvalue weighted by Gasteiger charge is 2.11. The second kappa shape index (κ2) is 7.21. The Kier molecular flexibility index (Phi) is 4.65. The van der Waals surface area contributed by atoms with Crippen LogP contribution in [0.1, 0.15) is 0 Å². The van der Waals surface area contributed by atoms with E-state index in [-0.39, 0.29) is 18.2 Å². The van der Waals surface area contributed by atoms with E-state index in [1.54, 1.807) is 36.8 Å². The van der Waals surface area contributed by atoms with Gasteiger partial charge in [-0.1, -0.05) is 0 Å². The Bertz CT molecular complexity index is 878. The van der Waals surface area contributed by atoms with Gasteiger partial charge in [-0.3, -0.25) is 14.9 Å². The first kappa shape index (κ1) is 16.1. The SMILES string of the molecule is O=C(COc1ccc([N+](=O)[O-])cc1)Nc1cccnc1-n1cccn1. The molecule has 0 saturated heterocycles. The molecule has 0 aliphatic carbocycles. The predicted octanol–water partition coefficient (Wildman–Crippen LogP) is 2.19. The number of anilines is 1. The molecule has 2 aromatic heterocycles. The van der Waals surface area contributed by atoms with Crippen LogP contribution in [-0.2, 0) is 4.79 Å². The lowest BCUT2D eigenvalue weighted by molar-refractivity contribution is -0.384. The fraction of sp³-hybridized carbons (Fsp3) is 0.0625. The van der Waals surface area contributed by atoms with Crippen LogP contribution in [0.4, 0.5) is 11.4 Å². The van der Waals surface area contributed by atoms with Crippen LogP contribution in [0.2, 0.25) is 0 Å². The van der Waals surface area contributed by atoms with Crippen LogP contribution in [0.25, 0.3) is 5.82 Å². The molecule has 0 spiro atoms. The van der Waals surface area contributed by atoms with Crippen molar-refractivity contribution in [1.29, 1.82) is 0 Å². The van der Waals surface area contributed by atoms with Gasteiger partial charge in [0, 0.05) is 30.7 Å². The molecule has 0 fully saturated rings. The van der Waals surface area contributed by atoms with Gasteiger partial charge in [0.05, 0.1) is 10.6 Å². The maximum Gasteiger partial charge on any atom is 0.269 e. The fourth-order valence-corrected chi connectivity index (χ4v) is 2.07. The molecule has 0 saturated carbocycles. The summed E-state index contributed by atoms with van der Waals surface area (Å²) in [7, 11) is 0. The van der Waals surface area contributed by atoms with Crippen LogP contribution in [0.3, 0.4) is 0 Å². The first-order chi connectivity index (χ1) is 12.1. The lowest BCUT2D eigenvalue weighted by Gasteiger charge is -2.10. The van der Waals surface area contributed by atoms with Crippen molar-refractivity contribution in [3.05, 3.63) is 71.2 Å². The van der Waals surface area contributed by atoms with Crippen molar-refractivity contribution in [3.63, 3.8) is 0 Å². The van der Waals surface area contributed by atoms with E-state index in [4.69, 9.17) is 4.74 Å². The van der Waals surface area contributed by atoms with Gasteiger partial charge in [-0.15, -0.1) is 0 Å². The second-order valence-corrected chi connectivity index (χ2v) is 4.91. The summed E-state index contributed by atoms with van der Waals surface area (Å²) in [5.74, 6) is 0.454. The lowest BCUT2D eigenvalue weighted by atomic mass is 10.3. The monoisotopic (exact) mass is 339 g/mol. The standard InChI is InChI=1S/C16H13N5O4/c22-15(11-25-13-6-4-12(5-7-13)21(23)24)19-14-3-1-8-17-16(14)20-10-2-9-18-20/h1-10H,11H2,(H,19,22). The number of nitrogens with one attached hydrogen (secondary N) is 1. The van der Waals surface area contributed by atoms with E-state index in [2.05, 4.69) is 15.4 Å². The van der Waals surface area contributed by atoms with E-state index in [9.17, 15) is 14.9 Å². The van der Waals surface area contributed by atoms with Gasteiger partial charge >= 0.3 is 0 Å². The number of hydrogen-bond acceptors (Lipinski definition) is 6. The predicted molar refractivity (Wildman–Crippen MR) is 88.6 cm³/mol. The van der Waals surface area contributed by atoms with Crippen molar-refractivity contribution >= 4 is 17.3 Å². The number of aromatic nitrogens is 3. The molecule has 0 aliphatic heterocycles. The van der Waals surface area contributed by atoms with Crippen molar-refractivity contribution in [2.45, 2.75) is 0 Å². The first-order valence-electron chi connectivity index (χ1n) is 7.25. The van der Waals surface area contributed by atoms with Crippen LogP contribution >= 0.6 is 0 Å². The fourth-order valence-electron chi connectivity index (χ4n) is 2.07. The average molecular weight is 339 g/mol. The smallest absolute Gasteiger partial charge is 0.269 e. The van der Waals surface area contributed by atoms with Gasteiger partial charge in [0.1, 0.15) is 5.75 Å². The summed E-state index contributed by atoms with van der Waals surface area (Å²) < 4.78 is 6.86. The van der Waals surface area contributed by atoms with Crippen LogP contribution in [0.5, 0.6) is 5.75 Å². The Morgan fingerprint density at radius 2 is 2.00 bits per heavy atom. The maximum absolute atomic E-state index is 12.1. The van der Waals surface area contributed by atoms with Crippen molar-refractivity contribution in [2.75, 3.05) is 11.9 Å². The van der Waals surface area contributed by atoms with E-state index in [1.165, 1.54) is 28.9 Å². The molecule has 1 N–H and O–H groups in total. The summed E-state index contributed by atoms with van der Waals surface area (Å²) in [4.78, 5) is 26.4. The molecule has 1 amide bonds. The molecule has 0 bridgehead atoms. The van der Waals surface area contributed by atoms with Gasteiger partial charge in [0.25, 0.3) is 11.6 Å². The first-order valence-corrected chi connectivity index (χ1v) is 7.25. The molecule has 3 aromatic rings. The van der Waals surface area contributed by atoms with E-state index >= 15 is 0 Å². The number of ether oxygens (including phenoxy) is 1. The lowest BCUT2D eigenvalue weighted by Crippen LogP contribution is -2.21. The quantitative estimate of drug-likeness (QED) is 0.544. The topological polar surface area (TPSA) is 112 Å².